The Balaban J connectivity index is 2.40. The van der Waals surface area contributed by atoms with E-state index in [0.29, 0.717) is 16.9 Å². The van der Waals surface area contributed by atoms with Crippen LogP contribution in [0.15, 0.2) is 42.5 Å². The average molecular weight is 246 g/mol. The van der Waals surface area contributed by atoms with Crippen LogP contribution in [-0.2, 0) is 0 Å². The molecule has 0 saturated carbocycles. The van der Waals surface area contributed by atoms with Crippen LogP contribution < -0.4 is 4.74 Å². The van der Waals surface area contributed by atoms with Crippen LogP contribution in [-0.4, -0.2) is 22.4 Å². The van der Waals surface area contributed by atoms with E-state index >= 15 is 0 Å². The molecule has 0 aliphatic carbocycles. The van der Waals surface area contributed by atoms with Gasteiger partial charge < -0.3 is 20.1 Å². The zero-order chi connectivity index (χ0) is 13.1. The summed E-state index contributed by atoms with van der Waals surface area (Å²) in [6.07, 6.45) is -1.09. The molecule has 0 saturated heterocycles. The molecule has 1 unspecified atom stereocenters. The van der Waals surface area contributed by atoms with Crippen molar-refractivity contribution in [3.05, 3.63) is 53.6 Å². The van der Waals surface area contributed by atoms with Crippen LogP contribution in [0.25, 0.3) is 0 Å². The third-order valence-electron chi connectivity index (χ3n) is 2.76. The SMILES string of the molecule is COc1ccc(C(O)c2ccccc2O)c(O)c1. The van der Waals surface area contributed by atoms with Crippen LogP contribution in [0.2, 0.25) is 0 Å². The van der Waals surface area contributed by atoms with Gasteiger partial charge in [-0.15, -0.1) is 0 Å². The Morgan fingerprint density at radius 2 is 1.61 bits per heavy atom. The highest BCUT2D eigenvalue weighted by atomic mass is 16.5. The topological polar surface area (TPSA) is 69.9 Å². The van der Waals surface area contributed by atoms with E-state index in [-0.39, 0.29) is 11.5 Å². The first kappa shape index (κ1) is 12.3. The summed E-state index contributed by atoms with van der Waals surface area (Å²) in [6.45, 7) is 0. The number of ether oxygens (including phenoxy) is 1. The first-order valence-corrected chi connectivity index (χ1v) is 5.46. The molecule has 0 radical (unpaired) electrons. The number of aliphatic hydroxyl groups excluding tert-OH is 1. The van der Waals surface area contributed by atoms with Crippen molar-refractivity contribution in [2.45, 2.75) is 6.10 Å². The Morgan fingerprint density at radius 1 is 0.944 bits per heavy atom. The standard InChI is InChI=1S/C14H14O4/c1-18-9-6-7-11(13(16)8-9)14(17)10-4-2-3-5-12(10)15/h2-8,14-17H,1H3. The zero-order valence-corrected chi connectivity index (χ0v) is 9.87. The van der Waals surface area contributed by atoms with Crippen molar-refractivity contribution in [2.24, 2.45) is 0 Å². The summed E-state index contributed by atoms with van der Waals surface area (Å²) in [6, 6.07) is 11.1. The molecule has 0 spiro atoms. The molecule has 0 aliphatic heterocycles. The van der Waals surface area contributed by atoms with Gasteiger partial charge in [-0.1, -0.05) is 18.2 Å². The molecule has 18 heavy (non-hydrogen) atoms. The fourth-order valence-corrected chi connectivity index (χ4v) is 1.77. The van der Waals surface area contributed by atoms with E-state index < -0.39 is 6.10 Å². The number of hydrogen-bond donors (Lipinski definition) is 3. The normalized spacial score (nSPS) is 12.1. The molecule has 4 nitrogen and oxygen atoms in total. The summed E-state index contributed by atoms with van der Waals surface area (Å²) in [5.41, 5.74) is 0.662. The van der Waals surface area contributed by atoms with Gasteiger partial charge in [0, 0.05) is 17.2 Å². The minimum absolute atomic E-state index is 0.0137. The van der Waals surface area contributed by atoms with E-state index in [0.717, 1.165) is 0 Å². The zero-order valence-electron chi connectivity index (χ0n) is 9.87. The summed E-state index contributed by atoms with van der Waals surface area (Å²) < 4.78 is 4.97. The van der Waals surface area contributed by atoms with Crippen LogP contribution in [0.4, 0.5) is 0 Å². The number of aliphatic hydroxyl groups is 1. The molecule has 4 heteroatoms. The van der Waals surface area contributed by atoms with E-state index in [1.54, 1.807) is 30.3 Å². The fourth-order valence-electron chi connectivity index (χ4n) is 1.77. The number of methoxy groups -OCH3 is 1. The maximum atomic E-state index is 10.2. The third-order valence-corrected chi connectivity index (χ3v) is 2.76. The third kappa shape index (κ3) is 2.24. The second-order valence-corrected chi connectivity index (χ2v) is 3.89. The molecular formula is C14H14O4. The maximum Gasteiger partial charge on any atom is 0.125 e. The molecule has 1 atom stereocenters. The number of phenols is 2. The van der Waals surface area contributed by atoms with Gasteiger partial charge in [0.25, 0.3) is 0 Å². The van der Waals surface area contributed by atoms with Crippen LogP contribution in [0.1, 0.15) is 17.2 Å². The lowest BCUT2D eigenvalue weighted by molar-refractivity contribution is 0.211. The Morgan fingerprint density at radius 3 is 2.22 bits per heavy atom. The summed E-state index contributed by atoms with van der Waals surface area (Å²) in [5, 5.41) is 29.6. The number of aromatic hydroxyl groups is 2. The minimum atomic E-state index is -1.09. The molecule has 0 fully saturated rings. The molecule has 0 aromatic heterocycles. The van der Waals surface area contributed by atoms with E-state index in [9.17, 15) is 15.3 Å². The van der Waals surface area contributed by atoms with Gasteiger partial charge in [0.1, 0.15) is 23.4 Å². The van der Waals surface area contributed by atoms with Gasteiger partial charge in [-0.2, -0.15) is 0 Å². The Bertz CT molecular complexity index is 551. The van der Waals surface area contributed by atoms with Crippen LogP contribution >= 0.6 is 0 Å². The van der Waals surface area contributed by atoms with Gasteiger partial charge in [0.05, 0.1) is 7.11 Å². The molecule has 2 aromatic carbocycles. The Kier molecular flexibility index (Phi) is 3.39. The fraction of sp³-hybridized carbons (Fsp3) is 0.143. The lowest BCUT2D eigenvalue weighted by Crippen LogP contribution is -2.00. The summed E-state index contributed by atoms with van der Waals surface area (Å²) in [7, 11) is 1.49. The van der Waals surface area contributed by atoms with Gasteiger partial charge in [0.15, 0.2) is 0 Å². The van der Waals surface area contributed by atoms with Crippen LogP contribution in [0, 0.1) is 0 Å². The second-order valence-electron chi connectivity index (χ2n) is 3.89. The van der Waals surface area contributed by atoms with Crippen molar-refractivity contribution < 1.29 is 20.1 Å². The first-order valence-electron chi connectivity index (χ1n) is 5.46. The number of rotatable bonds is 3. The quantitative estimate of drug-likeness (QED) is 0.776. The van der Waals surface area contributed by atoms with Crippen molar-refractivity contribution in [3.63, 3.8) is 0 Å². The van der Waals surface area contributed by atoms with Gasteiger partial charge in [0.2, 0.25) is 0 Å². The van der Waals surface area contributed by atoms with Gasteiger partial charge >= 0.3 is 0 Å². The summed E-state index contributed by atoms with van der Waals surface area (Å²) in [5.74, 6) is 0.408. The molecule has 0 bridgehead atoms. The Labute approximate surface area is 105 Å². The lowest BCUT2D eigenvalue weighted by atomic mass is 10.00. The van der Waals surface area contributed by atoms with Crippen molar-refractivity contribution in [3.8, 4) is 17.2 Å². The van der Waals surface area contributed by atoms with Crippen molar-refractivity contribution in [1.82, 2.24) is 0 Å². The van der Waals surface area contributed by atoms with Gasteiger partial charge in [-0.05, 0) is 18.2 Å². The molecular weight excluding hydrogens is 232 g/mol. The van der Waals surface area contributed by atoms with Crippen molar-refractivity contribution in [2.75, 3.05) is 7.11 Å². The van der Waals surface area contributed by atoms with Gasteiger partial charge in [-0.3, -0.25) is 0 Å². The van der Waals surface area contributed by atoms with E-state index in [4.69, 9.17) is 4.74 Å². The highest BCUT2D eigenvalue weighted by Crippen LogP contribution is 2.35. The molecule has 3 N–H and O–H groups in total. The van der Waals surface area contributed by atoms with Crippen LogP contribution in [0.3, 0.4) is 0 Å². The highest BCUT2D eigenvalue weighted by molar-refractivity contribution is 5.46. The summed E-state index contributed by atoms with van der Waals surface area (Å²) >= 11 is 0. The van der Waals surface area contributed by atoms with Crippen LogP contribution in [0.5, 0.6) is 17.2 Å². The number of hydrogen-bond acceptors (Lipinski definition) is 4. The maximum absolute atomic E-state index is 10.2. The smallest absolute Gasteiger partial charge is 0.125 e. The molecule has 2 rings (SSSR count). The van der Waals surface area contributed by atoms with E-state index in [2.05, 4.69) is 0 Å². The number of benzene rings is 2. The predicted molar refractivity (Wildman–Crippen MR) is 66.8 cm³/mol. The number of phenolic OH excluding ortho intramolecular Hbond substituents is 2. The Hall–Kier alpha value is -2.20. The average Bonchev–Trinajstić information content (AvgIpc) is 2.38. The van der Waals surface area contributed by atoms with Gasteiger partial charge in [-0.25, -0.2) is 0 Å². The molecule has 0 amide bonds. The minimum Gasteiger partial charge on any atom is -0.508 e. The predicted octanol–water partition coefficient (Wildman–Crippen LogP) is 2.19. The van der Waals surface area contributed by atoms with E-state index in [1.807, 2.05) is 0 Å². The molecule has 0 heterocycles. The highest BCUT2D eigenvalue weighted by Gasteiger charge is 2.17. The monoisotopic (exact) mass is 246 g/mol. The first-order chi connectivity index (χ1) is 8.63. The molecule has 2 aromatic rings. The van der Waals surface area contributed by atoms with E-state index in [1.165, 1.54) is 19.2 Å². The second kappa shape index (κ2) is 4.98. The van der Waals surface area contributed by atoms with Crippen molar-refractivity contribution in [1.29, 1.82) is 0 Å². The lowest BCUT2D eigenvalue weighted by Gasteiger charge is -2.15. The molecule has 94 valence electrons. The number of para-hydroxylation sites is 1. The van der Waals surface area contributed by atoms with Crippen molar-refractivity contribution >= 4 is 0 Å². The summed E-state index contributed by atoms with van der Waals surface area (Å²) in [4.78, 5) is 0. The molecule has 0 aliphatic rings. The largest absolute Gasteiger partial charge is 0.508 e.